The largest absolute Gasteiger partial charge is 0.382 e. The van der Waals surface area contributed by atoms with Crippen LogP contribution >= 0.6 is 11.6 Å². The Morgan fingerprint density at radius 1 is 1.17 bits per heavy atom. The summed E-state index contributed by atoms with van der Waals surface area (Å²) in [6.07, 6.45) is 3.35. The third kappa shape index (κ3) is 4.96. The third-order valence-corrected chi connectivity index (χ3v) is 8.53. The summed E-state index contributed by atoms with van der Waals surface area (Å²) in [6.45, 7) is 0.842. The zero-order valence-electron chi connectivity index (χ0n) is 18.4. The highest BCUT2D eigenvalue weighted by molar-refractivity contribution is 7.89. The molecule has 3 aromatic rings. The van der Waals surface area contributed by atoms with Crippen molar-refractivity contribution in [3.8, 4) is 0 Å². The number of hydrogen-bond donors (Lipinski definition) is 1. The van der Waals surface area contributed by atoms with Crippen LogP contribution in [0.5, 0.6) is 0 Å². The molecular weight excluding hydrogens is 511 g/mol. The predicted molar refractivity (Wildman–Crippen MR) is 119 cm³/mol. The molecule has 0 unspecified atom stereocenters. The maximum Gasteiger partial charge on any atom is 0.224 e. The topological polar surface area (TPSA) is 117 Å². The molecule has 188 valence electrons. The Hall–Kier alpha value is -2.81. The van der Waals surface area contributed by atoms with Gasteiger partial charge in [0, 0.05) is 37.8 Å². The molecule has 0 radical (unpaired) electrons. The van der Waals surface area contributed by atoms with Gasteiger partial charge in [-0.25, -0.2) is 36.2 Å². The number of sulfonamides is 1. The predicted octanol–water partition coefficient (Wildman–Crippen LogP) is 1.57. The molecule has 0 saturated carbocycles. The number of aromatic nitrogens is 5. The second-order valence-electron chi connectivity index (χ2n) is 8.03. The van der Waals surface area contributed by atoms with Crippen molar-refractivity contribution in [2.24, 2.45) is 0 Å². The van der Waals surface area contributed by atoms with E-state index < -0.39 is 50.4 Å². The highest BCUT2D eigenvalue weighted by Crippen LogP contribution is 2.35. The Balaban J connectivity index is 1.61. The van der Waals surface area contributed by atoms with Gasteiger partial charge in [-0.1, -0.05) is 6.07 Å². The Kier molecular flexibility index (Phi) is 6.99. The van der Waals surface area contributed by atoms with E-state index in [0.717, 1.165) is 27.3 Å². The molecule has 0 spiro atoms. The van der Waals surface area contributed by atoms with Crippen LogP contribution in [0.25, 0.3) is 0 Å². The zero-order chi connectivity index (χ0) is 25.4. The fourth-order valence-corrected chi connectivity index (χ4v) is 5.96. The standard InChI is InChI=1S/C20H21ClF3N7O3S/c1-13(20(32,10-30-12-25-11-27-30)15-3-2-14(22)8-16(15)23)35(33,34)31-6-4-29(5-7-31)18-17(24)9-26-19(21)28-18/h2-3,8-9,11-13,32H,4-7,10H2,1H3/t13-,20-/m1/s1. The first-order valence-corrected chi connectivity index (χ1v) is 12.3. The van der Waals surface area contributed by atoms with Crippen molar-refractivity contribution >= 4 is 27.4 Å². The number of hydrogen-bond acceptors (Lipinski definition) is 8. The van der Waals surface area contributed by atoms with Gasteiger partial charge in [0.05, 0.1) is 12.7 Å². The van der Waals surface area contributed by atoms with Gasteiger partial charge in [-0.2, -0.15) is 14.4 Å². The Morgan fingerprint density at radius 3 is 2.51 bits per heavy atom. The van der Waals surface area contributed by atoms with Gasteiger partial charge in [0.2, 0.25) is 15.3 Å². The minimum Gasteiger partial charge on any atom is -0.382 e. The van der Waals surface area contributed by atoms with E-state index in [9.17, 15) is 26.7 Å². The number of halogens is 4. The van der Waals surface area contributed by atoms with Gasteiger partial charge < -0.3 is 10.0 Å². The molecule has 1 N–H and O–H groups in total. The summed E-state index contributed by atoms with van der Waals surface area (Å²) in [4.78, 5) is 12.7. The van der Waals surface area contributed by atoms with Crippen molar-refractivity contribution in [2.45, 2.75) is 24.3 Å². The van der Waals surface area contributed by atoms with Crippen molar-refractivity contribution < 1.29 is 26.7 Å². The minimum atomic E-state index is -4.24. The Labute approximate surface area is 204 Å². The highest BCUT2D eigenvalue weighted by Gasteiger charge is 2.48. The van der Waals surface area contributed by atoms with Crippen LogP contribution in [-0.2, 0) is 22.2 Å². The van der Waals surface area contributed by atoms with Crippen LogP contribution in [0.4, 0.5) is 19.0 Å². The number of nitrogens with zero attached hydrogens (tertiary/aromatic N) is 7. The van der Waals surface area contributed by atoms with E-state index in [2.05, 4.69) is 20.1 Å². The maximum absolute atomic E-state index is 14.8. The van der Waals surface area contributed by atoms with Crippen LogP contribution in [0.3, 0.4) is 0 Å². The number of benzene rings is 1. The second-order valence-corrected chi connectivity index (χ2v) is 10.6. The fraction of sp³-hybridized carbons (Fsp3) is 0.400. The van der Waals surface area contributed by atoms with Crippen LogP contribution in [0, 0.1) is 17.5 Å². The van der Waals surface area contributed by atoms with Gasteiger partial charge in [0.25, 0.3) is 0 Å². The van der Waals surface area contributed by atoms with Crippen LogP contribution in [-0.4, -0.2) is 74.0 Å². The molecule has 0 aliphatic carbocycles. The number of anilines is 1. The molecule has 0 bridgehead atoms. The van der Waals surface area contributed by atoms with Crippen LogP contribution < -0.4 is 4.90 Å². The molecule has 1 fully saturated rings. The van der Waals surface area contributed by atoms with Gasteiger partial charge in [-0.05, 0) is 24.6 Å². The zero-order valence-corrected chi connectivity index (χ0v) is 20.0. The van der Waals surface area contributed by atoms with E-state index in [1.807, 2.05) is 0 Å². The number of piperazine rings is 1. The summed E-state index contributed by atoms with van der Waals surface area (Å²) in [5.41, 5.74) is -2.73. The Bertz CT molecular complexity index is 1310. The SMILES string of the molecule is C[C@H]([C@](O)(Cn1cncn1)c1ccc(F)cc1F)S(=O)(=O)N1CCN(c2nc(Cl)ncc2F)CC1. The van der Waals surface area contributed by atoms with Crippen LogP contribution in [0.1, 0.15) is 12.5 Å². The highest BCUT2D eigenvalue weighted by atomic mass is 35.5. The van der Waals surface area contributed by atoms with Crippen molar-refractivity contribution in [3.05, 3.63) is 65.3 Å². The van der Waals surface area contributed by atoms with E-state index >= 15 is 0 Å². The van der Waals surface area contributed by atoms with Crippen LogP contribution in [0.2, 0.25) is 5.28 Å². The van der Waals surface area contributed by atoms with Gasteiger partial charge in [0.1, 0.15) is 35.1 Å². The summed E-state index contributed by atoms with van der Waals surface area (Å²) in [5, 5.41) is 13.8. The van der Waals surface area contributed by atoms with Gasteiger partial charge in [-0.3, -0.25) is 0 Å². The molecule has 1 aliphatic rings. The maximum atomic E-state index is 14.8. The lowest BCUT2D eigenvalue weighted by molar-refractivity contribution is 0.00953. The molecule has 15 heteroatoms. The lowest BCUT2D eigenvalue weighted by Crippen LogP contribution is -2.56. The van der Waals surface area contributed by atoms with Crippen molar-refractivity contribution in [2.75, 3.05) is 31.1 Å². The normalized spacial score (nSPS) is 17.8. The van der Waals surface area contributed by atoms with Crippen LogP contribution in [0.15, 0.2) is 37.1 Å². The van der Waals surface area contributed by atoms with E-state index in [1.54, 1.807) is 0 Å². The van der Waals surface area contributed by atoms with Crippen molar-refractivity contribution in [1.82, 2.24) is 29.0 Å². The summed E-state index contributed by atoms with van der Waals surface area (Å²) < 4.78 is 71.8. The molecule has 1 aliphatic heterocycles. The van der Waals surface area contributed by atoms with E-state index in [4.69, 9.17) is 11.6 Å². The lowest BCUT2D eigenvalue weighted by atomic mass is 9.90. The van der Waals surface area contributed by atoms with Gasteiger partial charge in [-0.15, -0.1) is 0 Å². The molecule has 4 rings (SSSR count). The first-order chi connectivity index (χ1) is 16.5. The molecule has 10 nitrogen and oxygen atoms in total. The molecule has 2 aromatic heterocycles. The second kappa shape index (κ2) is 9.68. The average molecular weight is 532 g/mol. The average Bonchev–Trinajstić information content (AvgIpc) is 3.33. The summed E-state index contributed by atoms with van der Waals surface area (Å²) in [5.74, 6) is -2.73. The summed E-state index contributed by atoms with van der Waals surface area (Å²) in [6, 6.07) is 2.51. The van der Waals surface area contributed by atoms with Gasteiger partial charge in [0.15, 0.2) is 11.6 Å². The van der Waals surface area contributed by atoms with Gasteiger partial charge >= 0.3 is 0 Å². The number of rotatable bonds is 7. The lowest BCUT2D eigenvalue weighted by Gasteiger charge is -2.40. The van der Waals surface area contributed by atoms with Crippen molar-refractivity contribution in [3.63, 3.8) is 0 Å². The first-order valence-electron chi connectivity index (χ1n) is 10.4. The molecule has 3 heterocycles. The Morgan fingerprint density at radius 2 is 1.89 bits per heavy atom. The summed E-state index contributed by atoms with van der Waals surface area (Å²) in [7, 11) is -4.24. The van der Waals surface area contributed by atoms with E-state index in [-0.39, 0.29) is 37.3 Å². The molecular formula is C20H21ClF3N7O3S. The monoisotopic (exact) mass is 531 g/mol. The van der Waals surface area contributed by atoms with Crippen molar-refractivity contribution in [1.29, 1.82) is 0 Å². The molecule has 2 atom stereocenters. The van der Waals surface area contributed by atoms with E-state index in [1.165, 1.54) is 24.5 Å². The third-order valence-electron chi connectivity index (χ3n) is 5.98. The molecule has 0 amide bonds. The number of aliphatic hydroxyl groups is 1. The molecule has 1 saturated heterocycles. The summed E-state index contributed by atoms with van der Waals surface area (Å²) >= 11 is 5.75. The minimum absolute atomic E-state index is 0.0498. The fourth-order valence-electron chi connectivity index (χ4n) is 4.02. The quantitative estimate of drug-likeness (QED) is 0.457. The first kappa shape index (κ1) is 25.3. The molecule has 1 aromatic carbocycles. The smallest absolute Gasteiger partial charge is 0.224 e. The molecule has 35 heavy (non-hydrogen) atoms. The van der Waals surface area contributed by atoms with E-state index in [0.29, 0.717) is 6.07 Å².